The molecule has 1 aromatic heterocycles. The van der Waals surface area contributed by atoms with Gasteiger partial charge in [-0.3, -0.25) is 19.7 Å². The van der Waals surface area contributed by atoms with Gasteiger partial charge in [-0.25, -0.2) is 9.18 Å². The summed E-state index contributed by atoms with van der Waals surface area (Å²) in [6, 6.07) is 6.28. The summed E-state index contributed by atoms with van der Waals surface area (Å²) in [5.74, 6) is 1.15. The van der Waals surface area contributed by atoms with Crippen molar-refractivity contribution in [2.24, 2.45) is 0 Å². The molecule has 0 radical (unpaired) electrons. The Balaban J connectivity index is 0.000000404. The number of methoxy groups -OCH3 is 1. The Bertz CT molecular complexity index is 1390. The third kappa shape index (κ3) is 10.3. The number of nitrogens with one attached hydrogen (secondary N) is 3. The van der Waals surface area contributed by atoms with Crippen LogP contribution >= 0.6 is 0 Å². The van der Waals surface area contributed by atoms with E-state index in [1.165, 1.54) is 0 Å². The average Bonchev–Trinajstić information content (AvgIpc) is 3.71. The second-order valence-electron chi connectivity index (χ2n) is 11.1. The summed E-state index contributed by atoms with van der Waals surface area (Å²) < 4.78 is 24.3. The van der Waals surface area contributed by atoms with E-state index in [9.17, 15) is 23.6 Å². The van der Waals surface area contributed by atoms with Gasteiger partial charge in [-0.15, -0.1) is 13.2 Å². The Morgan fingerprint density at radius 3 is 2.52 bits per heavy atom. The summed E-state index contributed by atoms with van der Waals surface area (Å²) in [6.07, 6.45) is 4.49. The van der Waals surface area contributed by atoms with Gasteiger partial charge in [0, 0.05) is 38.2 Å². The summed E-state index contributed by atoms with van der Waals surface area (Å²) in [4.78, 5) is 50.7. The van der Waals surface area contributed by atoms with Crippen molar-refractivity contribution < 1.29 is 32.7 Å². The maximum atomic E-state index is 13.5. The number of aryl methyl sites for hydroxylation is 1. The van der Waals surface area contributed by atoms with Crippen LogP contribution in [0.2, 0.25) is 0 Å². The van der Waals surface area contributed by atoms with Crippen LogP contribution in [0, 0.1) is 0 Å². The maximum Gasteiger partial charge on any atom is 0.322 e. The van der Waals surface area contributed by atoms with E-state index in [1.54, 1.807) is 37.3 Å². The lowest BCUT2D eigenvalue weighted by Crippen LogP contribution is -2.33. The number of hydrogen-bond donors (Lipinski definition) is 3. The number of fused-ring (bicyclic) bond motifs is 1. The topological polar surface area (TPSA) is 133 Å². The van der Waals surface area contributed by atoms with Gasteiger partial charge in [-0.05, 0) is 68.3 Å². The monoisotopic (exact) mass is 641 g/mol. The molecule has 0 saturated carbocycles. The molecule has 2 aliphatic rings. The van der Waals surface area contributed by atoms with Crippen LogP contribution in [0.15, 0.2) is 53.5 Å². The van der Waals surface area contributed by atoms with E-state index in [4.69, 9.17) is 9.15 Å². The molecule has 4 rings (SSSR count). The number of hydrogen-bond acceptors (Lipinski definition) is 7. The Hall–Kier alpha value is -4.45. The minimum Gasteiger partial charge on any atom is -0.497 e. The average molecular weight is 642 g/mol. The molecule has 2 aromatic rings. The van der Waals surface area contributed by atoms with Crippen molar-refractivity contribution in [3.8, 4) is 5.75 Å². The molecule has 252 valence electrons. The summed E-state index contributed by atoms with van der Waals surface area (Å²) in [5.41, 5.74) is 3.04. The lowest BCUT2D eigenvalue weighted by Gasteiger charge is -2.22. The van der Waals surface area contributed by atoms with Crippen molar-refractivity contribution in [2.75, 3.05) is 41.5 Å². The number of benzene rings is 1. The fourth-order valence-corrected chi connectivity index (χ4v) is 5.18. The van der Waals surface area contributed by atoms with E-state index in [1.807, 2.05) is 33.2 Å². The van der Waals surface area contributed by atoms with Gasteiger partial charge in [-0.1, -0.05) is 26.0 Å². The Morgan fingerprint density at radius 1 is 1.24 bits per heavy atom. The highest BCUT2D eigenvalue weighted by Crippen LogP contribution is 2.26. The van der Waals surface area contributed by atoms with E-state index in [-0.39, 0.29) is 18.2 Å². The molecule has 5 amide bonds. The molecular formula is C34H48FN5O6. The molecule has 1 fully saturated rings. The highest BCUT2D eigenvalue weighted by Gasteiger charge is 2.34. The number of allylic oxidation sites excluding steroid dienone is 1. The molecule has 1 saturated heterocycles. The van der Waals surface area contributed by atoms with E-state index in [0.29, 0.717) is 49.1 Å². The molecule has 0 bridgehead atoms. The van der Waals surface area contributed by atoms with Crippen LogP contribution in [-0.2, 0) is 29.0 Å². The Labute approximate surface area is 271 Å². The molecule has 2 atom stereocenters. The first kappa shape index (κ1) is 37.7. The zero-order valence-electron chi connectivity index (χ0n) is 27.8. The molecule has 12 heteroatoms. The van der Waals surface area contributed by atoms with Gasteiger partial charge in [0.1, 0.15) is 23.9 Å². The number of urea groups is 1. The molecule has 3 heterocycles. The van der Waals surface area contributed by atoms with Gasteiger partial charge in [-0.2, -0.15) is 0 Å². The first-order chi connectivity index (χ1) is 22.0. The van der Waals surface area contributed by atoms with Crippen LogP contribution in [0.3, 0.4) is 0 Å². The van der Waals surface area contributed by atoms with Crippen LogP contribution in [0.5, 0.6) is 5.75 Å². The number of carbonyl (C=O) groups is 4. The summed E-state index contributed by atoms with van der Waals surface area (Å²) in [7, 11) is 7.43. The zero-order chi connectivity index (χ0) is 34.4. The van der Waals surface area contributed by atoms with Gasteiger partial charge >= 0.3 is 6.03 Å². The lowest BCUT2D eigenvalue weighted by atomic mass is 10.1. The van der Waals surface area contributed by atoms with Gasteiger partial charge < -0.3 is 29.6 Å². The summed E-state index contributed by atoms with van der Waals surface area (Å²) in [5, 5.41) is 7.53. The van der Waals surface area contributed by atoms with Gasteiger partial charge in [0.15, 0.2) is 6.04 Å². The molecule has 11 nitrogen and oxygen atoms in total. The second-order valence-corrected chi connectivity index (χ2v) is 11.1. The molecule has 1 aromatic carbocycles. The highest BCUT2D eigenvalue weighted by atomic mass is 19.1. The molecule has 3 N–H and O–H groups in total. The van der Waals surface area contributed by atoms with Crippen molar-refractivity contribution >= 4 is 23.8 Å². The fourth-order valence-electron chi connectivity index (χ4n) is 5.18. The number of alkyl halides is 1. The highest BCUT2D eigenvalue weighted by molar-refractivity contribution is 6.04. The quantitative estimate of drug-likeness (QED) is 0.217. The van der Waals surface area contributed by atoms with Gasteiger partial charge in [0.25, 0.3) is 11.8 Å². The third-order valence-electron chi connectivity index (χ3n) is 7.77. The van der Waals surface area contributed by atoms with Crippen molar-refractivity contribution in [1.29, 1.82) is 0 Å². The smallest absolute Gasteiger partial charge is 0.322 e. The number of furan rings is 1. The van der Waals surface area contributed by atoms with Gasteiger partial charge in [0.2, 0.25) is 5.91 Å². The maximum absolute atomic E-state index is 13.5. The number of nitrogens with zero attached hydrogens (tertiary/aromatic N) is 2. The minimum atomic E-state index is -0.865. The SMILES string of the molecule is C=C.CCc1oc(C2NC(=O)NC2=O)cc1C/C=C(\CF)CC(=O)NCCC(CC)N(C)C.COc1ccc2c(c1)C(=O)N(C)C2. The van der Waals surface area contributed by atoms with Crippen molar-refractivity contribution in [3.05, 3.63) is 77.3 Å². The van der Waals surface area contributed by atoms with Crippen LogP contribution in [0.25, 0.3) is 0 Å². The Kier molecular flexibility index (Phi) is 15.2. The summed E-state index contributed by atoms with van der Waals surface area (Å²) in [6.45, 7) is 10.6. The van der Waals surface area contributed by atoms with E-state index in [2.05, 4.69) is 40.9 Å². The molecular weight excluding hydrogens is 593 g/mol. The molecule has 0 spiro atoms. The molecule has 2 aliphatic heterocycles. The molecule has 0 aliphatic carbocycles. The number of ether oxygens (including phenoxy) is 1. The largest absolute Gasteiger partial charge is 0.497 e. The number of halogens is 1. The number of carbonyl (C=O) groups excluding carboxylic acids is 4. The van der Waals surface area contributed by atoms with Crippen LogP contribution in [0.4, 0.5) is 9.18 Å². The minimum absolute atomic E-state index is 0.00249. The van der Waals surface area contributed by atoms with Crippen LogP contribution in [0.1, 0.15) is 72.2 Å². The third-order valence-corrected chi connectivity index (χ3v) is 7.77. The predicted molar refractivity (Wildman–Crippen MR) is 175 cm³/mol. The van der Waals surface area contributed by atoms with Crippen molar-refractivity contribution in [3.63, 3.8) is 0 Å². The molecule has 46 heavy (non-hydrogen) atoms. The standard InChI is InChI=1S/C22H33FN4O4.C10H11NO2.C2H4/c1-5-16(27(3)4)9-10-24-19(28)11-14(13-23)7-8-15-12-18(31-17(15)6-2)20-21(29)26-22(30)25-20;1-11-6-7-3-4-8(13-2)5-9(7)10(11)12;1-2/h7,12,16,20H,5-6,8-11,13H2,1-4H3,(H,24,28)(H2,25,26,29,30);3-5H,6H2,1-2H3;1-2H2/b14-7-;;. The van der Waals surface area contributed by atoms with E-state index >= 15 is 0 Å². The predicted octanol–water partition coefficient (Wildman–Crippen LogP) is 4.48. The fraction of sp³-hybridized carbons (Fsp3) is 0.471. The normalized spacial score (nSPS) is 16.1. The number of amides is 5. The van der Waals surface area contributed by atoms with Crippen molar-refractivity contribution in [1.82, 2.24) is 25.8 Å². The van der Waals surface area contributed by atoms with Crippen LogP contribution < -0.4 is 20.7 Å². The van der Waals surface area contributed by atoms with Gasteiger partial charge in [0.05, 0.1) is 13.5 Å². The number of imide groups is 1. The van der Waals surface area contributed by atoms with Crippen LogP contribution in [-0.4, -0.2) is 81.1 Å². The van der Waals surface area contributed by atoms with E-state index < -0.39 is 24.7 Å². The summed E-state index contributed by atoms with van der Waals surface area (Å²) >= 11 is 0. The van der Waals surface area contributed by atoms with Crippen molar-refractivity contribution in [2.45, 2.75) is 64.6 Å². The first-order valence-electron chi connectivity index (χ1n) is 15.3. The number of rotatable bonds is 13. The lowest BCUT2D eigenvalue weighted by molar-refractivity contribution is -0.121. The zero-order valence-corrected chi connectivity index (χ0v) is 27.8. The molecule has 2 unspecified atom stereocenters. The second kappa shape index (κ2) is 18.5. The first-order valence-corrected chi connectivity index (χ1v) is 15.3. The Morgan fingerprint density at radius 2 is 1.96 bits per heavy atom. The van der Waals surface area contributed by atoms with E-state index in [0.717, 1.165) is 35.3 Å².